The van der Waals surface area contributed by atoms with Gasteiger partial charge in [-0.2, -0.15) is 0 Å². The maximum atomic E-state index is 5.96. The van der Waals surface area contributed by atoms with Crippen molar-refractivity contribution in [2.24, 2.45) is 5.92 Å². The Morgan fingerprint density at radius 3 is 2.67 bits per heavy atom. The minimum Gasteiger partial charge on any atom is -0.378 e. The summed E-state index contributed by atoms with van der Waals surface area (Å²) in [6.45, 7) is 4.44. The van der Waals surface area contributed by atoms with Crippen molar-refractivity contribution in [1.82, 2.24) is 5.32 Å². The zero-order valence-electron chi connectivity index (χ0n) is 10.0. The molecule has 15 heavy (non-hydrogen) atoms. The van der Waals surface area contributed by atoms with Crippen LogP contribution in [0, 0.1) is 5.92 Å². The first-order valence-electron chi connectivity index (χ1n) is 6.71. The van der Waals surface area contributed by atoms with Gasteiger partial charge in [-0.25, -0.2) is 0 Å². The van der Waals surface area contributed by atoms with Gasteiger partial charge in [0.2, 0.25) is 0 Å². The largest absolute Gasteiger partial charge is 0.378 e. The summed E-state index contributed by atoms with van der Waals surface area (Å²) in [6.07, 6.45) is 9.95. The molecule has 2 rings (SSSR count). The van der Waals surface area contributed by atoms with Crippen LogP contribution in [0.1, 0.15) is 51.9 Å². The van der Waals surface area contributed by atoms with Crippen molar-refractivity contribution in [3.63, 3.8) is 0 Å². The average molecular weight is 211 g/mol. The molecule has 2 saturated carbocycles. The van der Waals surface area contributed by atoms with Crippen molar-refractivity contribution in [2.75, 3.05) is 13.2 Å². The normalized spacial score (nSPS) is 31.8. The van der Waals surface area contributed by atoms with Crippen LogP contribution >= 0.6 is 0 Å². The van der Waals surface area contributed by atoms with Crippen molar-refractivity contribution < 1.29 is 4.74 Å². The minimum atomic E-state index is 0.555. The van der Waals surface area contributed by atoms with Crippen molar-refractivity contribution in [2.45, 2.75) is 64.0 Å². The fourth-order valence-corrected chi connectivity index (χ4v) is 2.43. The second kappa shape index (κ2) is 5.86. The topological polar surface area (TPSA) is 21.3 Å². The molecule has 2 aliphatic rings. The Morgan fingerprint density at radius 1 is 1.13 bits per heavy atom. The van der Waals surface area contributed by atoms with Crippen molar-refractivity contribution in [3.05, 3.63) is 0 Å². The quantitative estimate of drug-likeness (QED) is 0.682. The second-order valence-corrected chi connectivity index (χ2v) is 5.25. The Morgan fingerprint density at radius 2 is 1.93 bits per heavy atom. The van der Waals surface area contributed by atoms with E-state index in [0.717, 1.165) is 25.1 Å². The van der Waals surface area contributed by atoms with Crippen molar-refractivity contribution in [1.29, 1.82) is 0 Å². The smallest absolute Gasteiger partial charge is 0.0600 e. The predicted octanol–water partition coefficient (Wildman–Crippen LogP) is 2.72. The van der Waals surface area contributed by atoms with Crippen molar-refractivity contribution >= 4 is 0 Å². The summed E-state index contributed by atoms with van der Waals surface area (Å²) < 4.78 is 5.96. The van der Waals surface area contributed by atoms with E-state index in [1.807, 2.05) is 0 Å². The first-order chi connectivity index (χ1) is 7.36. The third-order valence-electron chi connectivity index (χ3n) is 3.70. The lowest BCUT2D eigenvalue weighted by molar-refractivity contribution is -0.00574. The third-order valence-corrected chi connectivity index (χ3v) is 3.70. The van der Waals surface area contributed by atoms with E-state index in [0.29, 0.717) is 6.10 Å². The number of rotatable bonds is 6. The maximum absolute atomic E-state index is 5.96. The highest BCUT2D eigenvalue weighted by Gasteiger charge is 2.22. The van der Waals surface area contributed by atoms with Crippen LogP contribution in [0.25, 0.3) is 0 Å². The molecule has 0 spiro atoms. The van der Waals surface area contributed by atoms with Crippen LogP contribution in [0.5, 0.6) is 0 Å². The summed E-state index contributed by atoms with van der Waals surface area (Å²) in [5.41, 5.74) is 0. The van der Waals surface area contributed by atoms with Gasteiger partial charge in [-0.15, -0.1) is 0 Å². The molecule has 0 aliphatic heterocycles. The van der Waals surface area contributed by atoms with Crippen LogP contribution in [0.3, 0.4) is 0 Å². The Balaban J connectivity index is 1.48. The van der Waals surface area contributed by atoms with Gasteiger partial charge in [0, 0.05) is 12.6 Å². The molecule has 0 bridgehead atoms. The summed E-state index contributed by atoms with van der Waals surface area (Å²) in [5, 5.41) is 3.53. The van der Waals surface area contributed by atoms with E-state index in [1.165, 1.54) is 44.9 Å². The van der Waals surface area contributed by atoms with Gasteiger partial charge in [-0.1, -0.05) is 19.8 Å². The van der Waals surface area contributed by atoms with E-state index in [4.69, 9.17) is 4.74 Å². The molecule has 0 amide bonds. The lowest BCUT2D eigenvalue weighted by Crippen LogP contribution is -2.27. The fourth-order valence-electron chi connectivity index (χ4n) is 2.43. The van der Waals surface area contributed by atoms with E-state index < -0.39 is 0 Å². The zero-order valence-corrected chi connectivity index (χ0v) is 10.0. The average Bonchev–Trinajstić information content (AvgIpc) is 3.04. The first-order valence-corrected chi connectivity index (χ1v) is 6.71. The Labute approximate surface area is 93.8 Å². The van der Waals surface area contributed by atoms with Crippen LogP contribution < -0.4 is 5.32 Å². The molecule has 0 aromatic rings. The van der Waals surface area contributed by atoms with E-state index in [1.54, 1.807) is 0 Å². The fraction of sp³-hybridized carbons (Fsp3) is 1.00. The van der Waals surface area contributed by atoms with Gasteiger partial charge in [-0.05, 0) is 44.6 Å². The molecule has 2 atom stereocenters. The maximum Gasteiger partial charge on any atom is 0.0600 e. The van der Waals surface area contributed by atoms with Gasteiger partial charge in [0.15, 0.2) is 0 Å². The van der Waals surface area contributed by atoms with Gasteiger partial charge in [-0.3, -0.25) is 0 Å². The molecule has 0 radical (unpaired) electrons. The molecular formula is C13H25NO. The molecular weight excluding hydrogens is 186 g/mol. The molecule has 88 valence electrons. The lowest BCUT2D eigenvalue weighted by atomic mass is 9.88. The minimum absolute atomic E-state index is 0.555. The monoisotopic (exact) mass is 211 g/mol. The number of nitrogens with one attached hydrogen (secondary N) is 1. The molecule has 2 fully saturated rings. The third kappa shape index (κ3) is 4.12. The van der Waals surface area contributed by atoms with Crippen LogP contribution in [-0.2, 0) is 4.74 Å². The summed E-state index contributed by atoms with van der Waals surface area (Å²) in [5.74, 6) is 0.787. The molecule has 0 aromatic heterocycles. The second-order valence-electron chi connectivity index (χ2n) is 5.25. The SMILES string of the molecule is CC1CCCCC1OCCCNC1CC1. The highest BCUT2D eigenvalue weighted by molar-refractivity contribution is 4.80. The van der Waals surface area contributed by atoms with E-state index in [2.05, 4.69) is 12.2 Å². The molecule has 0 aromatic carbocycles. The van der Waals surface area contributed by atoms with Crippen LogP contribution in [-0.4, -0.2) is 25.3 Å². The predicted molar refractivity (Wildman–Crippen MR) is 63.0 cm³/mol. The lowest BCUT2D eigenvalue weighted by Gasteiger charge is -2.28. The summed E-state index contributed by atoms with van der Waals surface area (Å²) in [7, 11) is 0. The molecule has 0 heterocycles. The van der Waals surface area contributed by atoms with Gasteiger partial charge < -0.3 is 10.1 Å². The molecule has 2 heteroatoms. The van der Waals surface area contributed by atoms with E-state index in [-0.39, 0.29) is 0 Å². The number of ether oxygens (including phenoxy) is 1. The zero-order chi connectivity index (χ0) is 10.5. The van der Waals surface area contributed by atoms with Crippen LogP contribution in [0.15, 0.2) is 0 Å². The Hall–Kier alpha value is -0.0800. The highest BCUT2D eigenvalue weighted by atomic mass is 16.5. The number of hydrogen-bond donors (Lipinski definition) is 1. The Bertz CT molecular complexity index is 179. The molecule has 0 saturated heterocycles. The standard InChI is InChI=1S/C13H25NO/c1-11-5-2-3-6-13(11)15-10-4-9-14-12-7-8-12/h11-14H,2-10H2,1H3. The van der Waals surface area contributed by atoms with Crippen LogP contribution in [0.4, 0.5) is 0 Å². The van der Waals surface area contributed by atoms with Crippen LogP contribution in [0.2, 0.25) is 0 Å². The summed E-state index contributed by atoms with van der Waals surface area (Å²) >= 11 is 0. The molecule has 2 nitrogen and oxygen atoms in total. The first kappa shape index (κ1) is 11.4. The van der Waals surface area contributed by atoms with Gasteiger partial charge in [0.25, 0.3) is 0 Å². The summed E-state index contributed by atoms with van der Waals surface area (Å²) in [4.78, 5) is 0. The van der Waals surface area contributed by atoms with E-state index >= 15 is 0 Å². The highest BCUT2D eigenvalue weighted by Crippen LogP contribution is 2.26. The van der Waals surface area contributed by atoms with Crippen molar-refractivity contribution in [3.8, 4) is 0 Å². The van der Waals surface area contributed by atoms with E-state index in [9.17, 15) is 0 Å². The Kier molecular flexibility index (Phi) is 4.45. The van der Waals surface area contributed by atoms with Gasteiger partial charge in [0.1, 0.15) is 0 Å². The summed E-state index contributed by atoms with van der Waals surface area (Å²) in [6, 6.07) is 0.846. The molecule has 2 unspecified atom stereocenters. The van der Waals surface area contributed by atoms with Gasteiger partial charge in [0.05, 0.1) is 6.10 Å². The van der Waals surface area contributed by atoms with Gasteiger partial charge >= 0.3 is 0 Å². The molecule has 1 N–H and O–H groups in total. The number of hydrogen-bond acceptors (Lipinski definition) is 2. The molecule has 2 aliphatic carbocycles.